The van der Waals surface area contributed by atoms with E-state index in [2.05, 4.69) is 10.0 Å². The van der Waals surface area contributed by atoms with E-state index in [0.717, 1.165) is 0 Å². The molecule has 4 aromatic carbocycles. The topological polar surface area (TPSA) is 132 Å². The summed E-state index contributed by atoms with van der Waals surface area (Å²) in [5.74, 6) is 0.376. The maximum Gasteiger partial charge on any atom is 0.262 e. The van der Waals surface area contributed by atoms with Crippen LogP contribution in [-0.2, 0) is 10.0 Å². The molecule has 41 heavy (non-hydrogen) atoms. The number of aliphatic hydroxyl groups is 1. The monoisotopic (exact) mass is 598 g/mol. The number of aliphatic hydroxyl groups excluding tert-OH is 1. The van der Waals surface area contributed by atoms with Gasteiger partial charge in [0.2, 0.25) is 0 Å². The number of carbonyl (C=O) groups excluding carboxylic acids is 1. The number of methoxy groups -OCH3 is 2. The molecule has 0 aliphatic rings. The highest BCUT2D eigenvalue weighted by Gasteiger charge is 2.24. The second-order valence-electron chi connectivity index (χ2n) is 8.42. The number of hydrogen-bond acceptors (Lipinski definition) is 8. The molecule has 1 amide bonds. The quantitative estimate of drug-likeness (QED) is 0.193. The molecule has 0 bridgehead atoms. The van der Waals surface area contributed by atoms with Crippen molar-refractivity contribution >= 4 is 38.9 Å². The van der Waals surface area contributed by atoms with E-state index in [0.29, 0.717) is 17.2 Å². The molecular weight excluding hydrogens is 572 g/mol. The van der Waals surface area contributed by atoms with Crippen LogP contribution in [0.1, 0.15) is 10.4 Å². The normalized spacial score (nSPS) is 10.9. The molecule has 0 unspecified atom stereocenters. The fourth-order valence-electron chi connectivity index (χ4n) is 3.66. The second kappa shape index (κ2) is 13.3. The van der Waals surface area contributed by atoms with E-state index in [1.165, 1.54) is 56.7 Å². The molecule has 0 spiro atoms. The third-order valence-electron chi connectivity index (χ3n) is 5.66. The van der Waals surface area contributed by atoms with Crippen LogP contribution in [0.25, 0.3) is 0 Å². The van der Waals surface area contributed by atoms with Gasteiger partial charge in [-0.3, -0.25) is 9.52 Å². The summed E-state index contributed by atoms with van der Waals surface area (Å²) in [6, 6.07) is 21.9. The largest absolute Gasteiger partial charge is 0.497 e. The smallest absolute Gasteiger partial charge is 0.262 e. The van der Waals surface area contributed by atoms with E-state index in [4.69, 9.17) is 30.5 Å². The number of rotatable bonds is 12. The Balaban J connectivity index is 1.84. The Kier molecular flexibility index (Phi) is 9.56. The first-order valence-corrected chi connectivity index (χ1v) is 14.1. The molecule has 4 aromatic rings. The van der Waals surface area contributed by atoms with Crippen molar-refractivity contribution in [2.24, 2.45) is 0 Å². The lowest BCUT2D eigenvalue weighted by Crippen LogP contribution is -2.17. The summed E-state index contributed by atoms with van der Waals surface area (Å²) < 4.78 is 51.5. The standard InChI is InChI=1S/C29H27ClN2O8S/c1-37-21-8-11-23(12-9-21)41(35,36)32-25-16-19(29(34)31-20-6-4-3-5-7-20)17-27(39-15-14-33)28(25)40-26-18-22(38-2)10-13-24(26)30/h3-13,16-18,32-33H,14-15H2,1-2H3,(H,31,34). The number of ether oxygens (including phenoxy) is 4. The third-order valence-corrected chi connectivity index (χ3v) is 7.36. The number of carbonyl (C=O) groups is 1. The first-order chi connectivity index (χ1) is 19.7. The van der Waals surface area contributed by atoms with E-state index in [1.54, 1.807) is 42.5 Å². The highest BCUT2D eigenvalue weighted by Crippen LogP contribution is 2.43. The molecule has 4 rings (SSSR count). The summed E-state index contributed by atoms with van der Waals surface area (Å²) in [5.41, 5.74) is 0.464. The van der Waals surface area contributed by atoms with Gasteiger partial charge in [-0.2, -0.15) is 0 Å². The van der Waals surface area contributed by atoms with Crippen LogP contribution in [0.5, 0.6) is 28.7 Å². The number of nitrogens with one attached hydrogen (secondary N) is 2. The Morgan fingerprint density at radius 3 is 2.22 bits per heavy atom. The van der Waals surface area contributed by atoms with Crippen LogP contribution in [-0.4, -0.2) is 46.9 Å². The zero-order chi connectivity index (χ0) is 29.4. The average molecular weight is 599 g/mol. The summed E-state index contributed by atoms with van der Waals surface area (Å²) in [6.45, 7) is -0.524. The zero-order valence-electron chi connectivity index (χ0n) is 22.1. The van der Waals surface area contributed by atoms with E-state index in [-0.39, 0.29) is 51.6 Å². The van der Waals surface area contributed by atoms with E-state index >= 15 is 0 Å². The maximum absolute atomic E-state index is 13.4. The van der Waals surface area contributed by atoms with Crippen molar-refractivity contribution < 1.29 is 37.3 Å². The van der Waals surface area contributed by atoms with Crippen LogP contribution in [0.15, 0.2) is 89.8 Å². The zero-order valence-corrected chi connectivity index (χ0v) is 23.7. The maximum atomic E-state index is 13.4. The highest BCUT2D eigenvalue weighted by molar-refractivity contribution is 7.92. The van der Waals surface area contributed by atoms with Gasteiger partial charge in [0.25, 0.3) is 15.9 Å². The number of para-hydroxylation sites is 1. The van der Waals surface area contributed by atoms with Crippen molar-refractivity contribution in [2.75, 3.05) is 37.5 Å². The van der Waals surface area contributed by atoms with Crippen LogP contribution in [0.3, 0.4) is 0 Å². The van der Waals surface area contributed by atoms with E-state index in [9.17, 15) is 18.3 Å². The summed E-state index contributed by atoms with van der Waals surface area (Å²) in [7, 11) is -1.26. The lowest BCUT2D eigenvalue weighted by atomic mass is 10.1. The first kappa shape index (κ1) is 29.5. The van der Waals surface area contributed by atoms with Gasteiger partial charge >= 0.3 is 0 Å². The van der Waals surface area contributed by atoms with Gasteiger partial charge in [-0.15, -0.1) is 0 Å². The molecule has 214 valence electrons. The molecule has 0 aliphatic heterocycles. The predicted molar refractivity (Wildman–Crippen MR) is 155 cm³/mol. The van der Waals surface area contributed by atoms with Crippen LogP contribution in [0.4, 0.5) is 11.4 Å². The molecule has 0 fully saturated rings. The summed E-state index contributed by atoms with van der Waals surface area (Å²) in [4.78, 5) is 13.2. The summed E-state index contributed by atoms with van der Waals surface area (Å²) in [6.07, 6.45) is 0. The first-order valence-electron chi connectivity index (χ1n) is 12.2. The summed E-state index contributed by atoms with van der Waals surface area (Å²) in [5, 5.41) is 12.4. The van der Waals surface area contributed by atoms with Crippen molar-refractivity contribution in [1.82, 2.24) is 0 Å². The van der Waals surface area contributed by atoms with Gasteiger partial charge in [0.1, 0.15) is 23.9 Å². The second-order valence-corrected chi connectivity index (χ2v) is 10.5. The fraction of sp³-hybridized carbons (Fsp3) is 0.138. The van der Waals surface area contributed by atoms with Gasteiger partial charge in [-0.25, -0.2) is 8.42 Å². The molecule has 0 aliphatic carbocycles. The van der Waals surface area contributed by atoms with Gasteiger partial charge in [0, 0.05) is 17.3 Å². The molecule has 0 aromatic heterocycles. The van der Waals surface area contributed by atoms with Gasteiger partial charge in [0.05, 0.1) is 36.4 Å². The Morgan fingerprint density at radius 2 is 1.56 bits per heavy atom. The van der Waals surface area contributed by atoms with Crippen molar-refractivity contribution in [3.8, 4) is 28.7 Å². The van der Waals surface area contributed by atoms with Gasteiger partial charge < -0.3 is 29.4 Å². The molecule has 3 N–H and O–H groups in total. The van der Waals surface area contributed by atoms with Gasteiger partial charge in [-0.1, -0.05) is 29.8 Å². The van der Waals surface area contributed by atoms with Crippen LogP contribution < -0.4 is 29.0 Å². The Bertz CT molecular complexity index is 1610. The van der Waals surface area contributed by atoms with Crippen LogP contribution in [0.2, 0.25) is 5.02 Å². The molecular formula is C29H27ClN2O8S. The van der Waals surface area contributed by atoms with Crippen molar-refractivity contribution in [3.05, 3.63) is 95.5 Å². The number of amides is 1. The highest BCUT2D eigenvalue weighted by atomic mass is 35.5. The summed E-state index contributed by atoms with van der Waals surface area (Å²) >= 11 is 6.37. The molecule has 0 saturated heterocycles. The van der Waals surface area contributed by atoms with Gasteiger partial charge in [-0.05, 0) is 60.7 Å². The minimum atomic E-state index is -4.19. The average Bonchev–Trinajstić information content (AvgIpc) is 2.98. The Hall–Kier alpha value is -4.45. The van der Waals surface area contributed by atoms with Crippen molar-refractivity contribution in [3.63, 3.8) is 0 Å². The molecule has 0 heterocycles. The number of halogens is 1. The molecule has 0 radical (unpaired) electrons. The van der Waals surface area contributed by atoms with Crippen molar-refractivity contribution in [2.45, 2.75) is 4.90 Å². The van der Waals surface area contributed by atoms with E-state index < -0.39 is 15.9 Å². The molecule has 0 saturated carbocycles. The Labute approximate surface area is 242 Å². The molecule has 10 nitrogen and oxygen atoms in total. The predicted octanol–water partition coefficient (Wildman–Crippen LogP) is 5.57. The number of benzene rings is 4. The number of hydrogen-bond donors (Lipinski definition) is 3. The third kappa shape index (κ3) is 7.40. The molecule has 12 heteroatoms. The van der Waals surface area contributed by atoms with Crippen LogP contribution >= 0.6 is 11.6 Å². The van der Waals surface area contributed by atoms with Gasteiger partial charge in [0.15, 0.2) is 11.5 Å². The SMILES string of the molecule is COc1ccc(S(=O)(=O)Nc2cc(C(=O)Nc3ccccc3)cc(OCCO)c2Oc2cc(OC)ccc2Cl)cc1. The number of sulfonamides is 1. The minimum absolute atomic E-state index is 0.0221. The van der Waals surface area contributed by atoms with Crippen molar-refractivity contribution in [1.29, 1.82) is 0 Å². The number of anilines is 2. The van der Waals surface area contributed by atoms with E-state index in [1.807, 2.05) is 0 Å². The lowest BCUT2D eigenvalue weighted by Gasteiger charge is -2.20. The Morgan fingerprint density at radius 1 is 0.878 bits per heavy atom. The molecule has 0 atom stereocenters. The minimum Gasteiger partial charge on any atom is -0.497 e. The fourth-order valence-corrected chi connectivity index (χ4v) is 4.87. The van der Waals surface area contributed by atoms with Crippen LogP contribution in [0, 0.1) is 0 Å². The lowest BCUT2D eigenvalue weighted by molar-refractivity contribution is 0.102.